The second kappa shape index (κ2) is 7.78. The van der Waals surface area contributed by atoms with Crippen LogP contribution in [0.5, 0.6) is 0 Å². The molecule has 0 saturated heterocycles. The van der Waals surface area contributed by atoms with Crippen LogP contribution in [0.3, 0.4) is 0 Å². The van der Waals surface area contributed by atoms with E-state index >= 15 is 0 Å². The van der Waals surface area contributed by atoms with Gasteiger partial charge in [0.2, 0.25) is 0 Å². The molecule has 3 heteroatoms. The number of nitrogens with one attached hydrogen (secondary N) is 1. The summed E-state index contributed by atoms with van der Waals surface area (Å²) in [5.41, 5.74) is 0. The minimum atomic E-state index is -0.601. The van der Waals surface area contributed by atoms with Gasteiger partial charge in [-0.25, -0.2) is 0 Å². The monoisotopic (exact) mass is 255 g/mol. The van der Waals surface area contributed by atoms with Crippen LogP contribution < -0.4 is 5.32 Å². The third kappa shape index (κ3) is 5.38. The number of carbonyl (C=O) groups is 1. The smallest absolute Gasteiger partial charge is 0.306 e. The molecular weight excluding hydrogens is 226 g/mol. The Morgan fingerprint density at radius 1 is 1.22 bits per heavy atom. The highest BCUT2D eigenvalue weighted by molar-refractivity contribution is 5.70. The average Bonchev–Trinajstić information content (AvgIpc) is 2.34. The van der Waals surface area contributed by atoms with E-state index in [0.29, 0.717) is 12.0 Å². The molecule has 0 spiro atoms. The molecule has 3 unspecified atom stereocenters. The standard InChI is InChI=1S/C15H29NO2/c1-11(2)8-9-12(3)16-10-13-6-4-5-7-14(13)15(17)18/h11-14,16H,4-10H2,1-3H3,(H,17,18). The number of carboxylic acid groups (broad SMARTS) is 1. The molecular formula is C15H29NO2. The van der Waals surface area contributed by atoms with Crippen LogP contribution in [0.25, 0.3) is 0 Å². The van der Waals surface area contributed by atoms with Gasteiger partial charge in [0.25, 0.3) is 0 Å². The summed E-state index contributed by atoms with van der Waals surface area (Å²) in [6.07, 6.45) is 6.62. The summed E-state index contributed by atoms with van der Waals surface area (Å²) in [4.78, 5) is 11.2. The topological polar surface area (TPSA) is 49.3 Å². The Hall–Kier alpha value is -0.570. The van der Waals surface area contributed by atoms with Gasteiger partial charge >= 0.3 is 5.97 Å². The molecule has 0 aromatic rings. The van der Waals surface area contributed by atoms with Crippen molar-refractivity contribution in [2.24, 2.45) is 17.8 Å². The van der Waals surface area contributed by atoms with Crippen molar-refractivity contribution in [2.75, 3.05) is 6.54 Å². The molecule has 18 heavy (non-hydrogen) atoms. The molecule has 1 aliphatic rings. The lowest BCUT2D eigenvalue weighted by Crippen LogP contribution is -2.38. The van der Waals surface area contributed by atoms with Crippen molar-refractivity contribution in [3.05, 3.63) is 0 Å². The molecule has 0 aromatic heterocycles. The van der Waals surface area contributed by atoms with E-state index in [1.807, 2.05) is 0 Å². The molecule has 0 aromatic carbocycles. The van der Waals surface area contributed by atoms with E-state index in [9.17, 15) is 9.90 Å². The summed E-state index contributed by atoms with van der Waals surface area (Å²) in [7, 11) is 0. The molecule has 3 nitrogen and oxygen atoms in total. The van der Waals surface area contributed by atoms with Crippen molar-refractivity contribution in [3.63, 3.8) is 0 Å². The van der Waals surface area contributed by atoms with Gasteiger partial charge in [-0.15, -0.1) is 0 Å². The molecule has 1 aliphatic carbocycles. The average molecular weight is 255 g/mol. The minimum absolute atomic E-state index is 0.122. The Kier molecular flexibility index (Phi) is 6.69. The van der Waals surface area contributed by atoms with Gasteiger partial charge in [-0.05, 0) is 51.0 Å². The zero-order chi connectivity index (χ0) is 13.5. The van der Waals surface area contributed by atoms with Crippen molar-refractivity contribution in [3.8, 4) is 0 Å². The number of rotatable bonds is 7. The van der Waals surface area contributed by atoms with E-state index in [2.05, 4.69) is 26.1 Å². The van der Waals surface area contributed by atoms with E-state index < -0.39 is 5.97 Å². The van der Waals surface area contributed by atoms with Gasteiger partial charge in [0, 0.05) is 6.04 Å². The third-order valence-corrected chi connectivity index (χ3v) is 4.13. The Bertz CT molecular complexity index is 253. The van der Waals surface area contributed by atoms with E-state index in [1.54, 1.807) is 0 Å². The van der Waals surface area contributed by atoms with Gasteiger partial charge in [0.05, 0.1) is 5.92 Å². The molecule has 3 atom stereocenters. The number of carboxylic acids is 1. The molecule has 0 aliphatic heterocycles. The molecule has 1 saturated carbocycles. The maximum absolute atomic E-state index is 11.2. The summed E-state index contributed by atoms with van der Waals surface area (Å²) in [5.74, 6) is 0.355. The molecule has 0 heterocycles. The van der Waals surface area contributed by atoms with Crippen LogP contribution >= 0.6 is 0 Å². The first-order valence-corrected chi connectivity index (χ1v) is 7.47. The first-order valence-electron chi connectivity index (χ1n) is 7.47. The van der Waals surface area contributed by atoms with Gasteiger partial charge in [-0.1, -0.05) is 26.7 Å². The second-order valence-corrected chi connectivity index (χ2v) is 6.27. The maximum atomic E-state index is 11.2. The molecule has 2 N–H and O–H groups in total. The zero-order valence-corrected chi connectivity index (χ0v) is 12.1. The highest BCUT2D eigenvalue weighted by atomic mass is 16.4. The summed E-state index contributed by atoms with van der Waals surface area (Å²) in [6, 6.07) is 0.503. The van der Waals surface area contributed by atoms with Gasteiger partial charge in [-0.2, -0.15) is 0 Å². The predicted molar refractivity (Wildman–Crippen MR) is 74.6 cm³/mol. The van der Waals surface area contributed by atoms with Crippen LogP contribution in [0.15, 0.2) is 0 Å². The van der Waals surface area contributed by atoms with Crippen LogP contribution in [0.1, 0.15) is 59.3 Å². The van der Waals surface area contributed by atoms with Crippen LogP contribution in [0.2, 0.25) is 0 Å². The lowest BCUT2D eigenvalue weighted by Gasteiger charge is -2.30. The zero-order valence-electron chi connectivity index (χ0n) is 12.1. The van der Waals surface area contributed by atoms with E-state index in [1.165, 1.54) is 19.3 Å². The van der Waals surface area contributed by atoms with E-state index in [0.717, 1.165) is 31.7 Å². The predicted octanol–water partition coefficient (Wildman–Crippen LogP) is 3.29. The quantitative estimate of drug-likeness (QED) is 0.734. The normalized spacial score (nSPS) is 26.2. The van der Waals surface area contributed by atoms with Crippen LogP contribution in [-0.2, 0) is 4.79 Å². The van der Waals surface area contributed by atoms with Crippen LogP contribution in [0, 0.1) is 17.8 Å². The van der Waals surface area contributed by atoms with Gasteiger partial charge in [0.15, 0.2) is 0 Å². The molecule has 1 rings (SSSR count). The fourth-order valence-corrected chi connectivity index (χ4v) is 2.82. The van der Waals surface area contributed by atoms with Crippen molar-refractivity contribution in [1.82, 2.24) is 5.32 Å². The Balaban J connectivity index is 2.29. The Morgan fingerprint density at radius 3 is 2.50 bits per heavy atom. The summed E-state index contributed by atoms with van der Waals surface area (Å²) < 4.78 is 0. The van der Waals surface area contributed by atoms with E-state index in [-0.39, 0.29) is 5.92 Å². The Morgan fingerprint density at radius 2 is 1.89 bits per heavy atom. The first-order chi connectivity index (χ1) is 8.50. The largest absolute Gasteiger partial charge is 0.481 e. The second-order valence-electron chi connectivity index (χ2n) is 6.27. The fraction of sp³-hybridized carbons (Fsp3) is 0.933. The fourth-order valence-electron chi connectivity index (χ4n) is 2.82. The molecule has 106 valence electrons. The molecule has 0 radical (unpaired) electrons. The maximum Gasteiger partial charge on any atom is 0.306 e. The van der Waals surface area contributed by atoms with Crippen molar-refractivity contribution >= 4 is 5.97 Å². The molecule has 1 fully saturated rings. The number of hydrogen-bond donors (Lipinski definition) is 2. The van der Waals surface area contributed by atoms with Gasteiger partial charge < -0.3 is 10.4 Å². The van der Waals surface area contributed by atoms with Crippen molar-refractivity contribution in [2.45, 2.75) is 65.3 Å². The molecule has 0 bridgehead atoms. The SMILES string of the molecule is CC(C)CCC(C)NCC1CCCCC1C(=O)O. The lowest BCUT2D eigenvalue weighted by atomic mass is 9.79. The first kappa shape index (κ1) is 15.5. The van der Waals surface area contributed by atoms with Gasteiger partial charge in [0.1, 0.15) is 0 Å². The summed E-state index contributed by atoms with van der Waals surface area (Å²) in [5, 5.41) is 12.8. The number of aliphatic carboxylic acids is 1. The van der Waals surface area contributed by atoms with Crippen molar-refractivity contribution in [1.29, 1.82) is 0 Å². The van der Waals surface area contributed by atoms with Crippen LogP contribution in [-0.4, -0.2) is 23.7 Å². The minimum Gasteiger partial charge on any atom is -0.481 e. The highest BCUT2D eigenvalue weighted by Gasteiger charge is 2.30. The lowest BCUT2D eigenvalue weighted by molar-refractivity contribution is -0.144. The number of hydrogen-bond acceptors (Lipinski definition) is 2. The van der Waals surface area contributed by atoms with E-state index in [4.69, 9.17) is 0 Å². The van der Waals surface area contributed by atoms with Crippen LogP contribution in [0.4, 0.5) is 0 Å². The third-order valence-electron chi connectivity index (χ3n) is 4.13. The summed E-state index contributed by atoms with van der Waals surface area (Å²) in [6.45, 7) is 7.57. The molecule has 0 amide bonds. The van der Waals surface area contributed by atoms with Crippen molar-refractivity contribution < 1.29 is 9.90 Å². The van der Waals surface area contributed by atoms with Gasteiger partial charge in [-0.3, -0.25) is 4.79 Å². The Labute approximate surface area is 111 Å². The summed E-state index contributed by atoms with van der Waals surface area (Å²) >= 11 is 0. The highest BCUT2D eigenvalue weighted by Crippen LogP contribution is 2.29.